The molecule has 2 aromatic rings. The van der Waals surface area contributed by atoms with Crippen LogP contribution in [-0.4, -0.2) is 24.2 Å². The van der Waals surface area contributed by atoms with E-state index in [0.717, 1.165) is 42.4 Å². The molecule has 1 heterocycles. The topological polar surface area (TPSA) is 40.5 Å². The van der Waals surface area contributed by atoms with Crippen LogP contribution in [-0.2, 0) is 0 Å². The molecule has 1 fully saturated rings. The number of hydrogen-bond acceptors (Lipinski definition) is 2. The van der Waals surface area contributed by atoms with E-state index in [1.807, 2.05) is 30.3 Å². The zero-order valence-electron chi connectivity index (χ0n) is 11.5. The van der Waals surface area contributed by atoms with Gasteiger partial charge in [0.25, 0.3) is 0 Å². The predicted octanol–water partition coefficient (Wildman–Crippen LogP) is 3.92. The maximum Gasteiger partial charge on any atom is 0.337 e. The molecule has 0 saturated carbocycles. The van der Waals surface area contributed by atoms with Gasteiger partial charge in [-0.3, -0.25) is 0 Å². The van der Waals surface area contributed by atoms with Crippen molar-refractivity contribution in [1.29, 1.82) is 0 Å². The quantitative estimate of drug-likeness (QED) is 0.898. The Labute approximate surface area is 118 Å². The van der Waals surface area contributed by atoms with Gasteiger partial charge in [0, 0.05) is 13.1 Å². The molecule has 20 heavy (non-hydrogen) atoms. The van der Waals surface area contributed by atoms with Gasteiger partial charge in [0.05, 0.1) is 11.3 Å². The van der Waals surface area contributed by atoms with Gasteiger partial charge in [0.15, 0.2) is 0 Å². The number of rotatable bonds is 2. The van der Waals surface area contributed by atoms with Crippen molar-refractivity contribution in [3.63, 3.8) is 0 Å². The van der Waals surface area contributed by atoms with Gasteiger partial charge in [-0.15, -0.1) is 0 Å². The summed E-state index contributed by atoms with van der Waals surface area (Å²) in [6.07, 6.45) is 4.77. The Morgan fingerprint density at radius 1 is 0.950 bits per heavy atom. The van der Waals surface area contributed by atoms with Crippen molar-refractivity contribution in [2.24, 2.45) is 0 Å². The number of fused-ring (bicyclic) bond motifs is 1. The van der Waals surface area contributed by atoms with Crippen LogP contribution in [0.3, 0.4) is 0 Å². The Balaban J connectivity index is 2.11. The van der Waals surface area contributed by atoms with Crippen LogP contribution in [0.15, 0.2) is 36.4 Å². The molecular weight excluding hydrogens is 250 g/mol. The largest absolute Gasteiger partial charge is 0.478 e. The van der Waals surface area contributed by atoms with Gasteiger partial charge >= 0.3 is 5.97 Å². The van der Waals surface area contributed by atoms with Crippen molar-refractivity contribution in [3.8, 4) is 0 Å². The number of carboxylic acids is 1. The Morgan fingerprint density at radius 3 is 2.15 bits per heavy atom. The van der Waals surface area contributed by atoms with E-state index in [2.05, 4.69) is 4.90 Å². The normalized spacial score (nSPS) is 16.1. The highest BCUT2D eigenvalue weighted by Gasteiger charge is 2.18. The highest BCUT2D eigenvalue weighted by Crippen LogP contribution is 2.29. The molecule has 2 aromatic carbocycles. The summed E-state index contributed by atoms with van der Waals surface area (Å²) in [6.45, 7) is 1.91. The number of aromatic carboxylic acids is 1. The smallest absolute Gasteiger partial charge is 0.337 e. The number of anilines is 1. The van der Waals surface area contributed by atoms with Crippen LogP contribution in [0.5, 0.6) is 0 Å². The summed E-state index contributed by atoms with van der Waals surface area (Å²) in [5.41, 5.74) is 1.30. The fraction of sp³-hybridized carbons (Fsp3) is 0.353. The van der Waals surface area contributed by atoms with E-state index >= 15 is 0 Å². The minimum atomic E-state index is -0.838. The molecular formula is C17H19NO2. The SMILES string of the molecule is O=C(O)c1cc2ccccc2cc1N1CCCCCC1. The third kappa shape index (κ3) is 2.48. The molecule has 0 aromatic heterocycles. The van der Waals surface area contributed by atoms with Crippen LogP contribution in [0.25, 0.3) is 10.8 Å². The van der Waals surface area contributed by atoms with Gasteiger partial charge < -0.3 is 10.0 Å². The fourth-order valence-corrected chi connectivity index (χ4v) is 2.97. The van der Waals surface area contributed by atoms with Gasteiger partial charge in [-0.1, -0.05) is 37.1 Å². The van der Waals surface area contributed by atoms with Crippen LogP contribution >= 0.6 is 0 Å². The van der Waals surface area contributed by atoms with E-state index in [1.165, 1.54) is 12.8 Å². The molecule has 0 aliphatic carbocycles. The molecule has 0 spiro atoms. The second-order valence-corrected chi connectivity index (χ2v) is 5.42. The molecule has 1 aliphatic heterocycles. The Morgan fingerprint density at radius 2 is 1.55 bits per heavy atom. The summed E-state index contributed by atoms with van der Waals surface area (Å²) in [6, 6.07) is 11.8. The maximum atomic E-state index is 11.6. The molecule has 0 amide bonds. The van der Waals surface area contributed by atoms with Crippen molar-refractivity contribution in [2.45, 2.75) is 25.7 Å². The number of carboxylic acid groups (broad SMARTS) is 1. The lowest BCUT2D eigenvalue weighted by Crippen LogP contribution is -2.25. The molecule has 1 aliphatic rings. The van der Waals surface area contributed by atoms with Crippen molar-refractivity contribution in [1.82, 2.24) is 0 Å². The second kappa shape index (κ2) is 5.53. The van der Waals surface area contributed by atoms with Crippen LogP contribution < -0.4 is 4.90 Å². The third-order valence-corrected chi connectivity index (χ3v) is 4.04. The minimum Gasteiger partial charge on any atom is -0.478 e. The minimum absolute atomic E-state index is 0.422. The first-order chi connectivity index (χ1) is 9.75. The average Bonchev–Trinajstić information content (AvgIpc) is 2.74. The fourth-order valence-electron chi connectivity index (χ4n) is 2.97. The zero-order valence-corrected chi connectivity index (χ0v) is 11.5. The molecule has 3 rings (SSSR count). The van der Waals surface area contributed by atoms with Gasteiger partial charge in [0.1, 0.15) is 0 Å². The standard InChI is InChI=1S/C17H19NO2/c19-17(20)15-11-13-7-3-4-8-14(13)12-16(15)18-9-5-1-2-6-10-18/h3-4,7-8,11-12H,1-2,5-6,9-10H2,(H,19,20). The number of benzene rings is 2. The number of nitrogens with zero attached hydrogens (tertiary/aromatic N) is 1. The Hall–Kier alpha value is -2.03. The van der Waals surface area contributed by atoms with E-state index in [1.54, 1.807) is 6.07 Å². The summed E-state index contributed by atoms with van der Waals surface area (Å²) in [7, 11) is 0. The summed E-state index contributed by atoms with van der Waals surface area (Å²) >= 11 is 0. The molecule has 3 nitrogen and oxygen atoms in total. The lowest BCUT2D eigenvalue weighted by molar-refractivity contribution is 0.0697. The first-order valence-corrected chi connectivity index (χ1v) is 7.27. The van der Waals surface area contributed by atoms with Crippen LogP contribution in [0.4, 0.5) is 5.69 Å². The first kappa shape index (κ1) is 13.0. The summed E-state index contributed by atoms with van der Waals surface area (Å²) < 4.78 is 0. The Bertz CT molecular complexity index is 628. The van der Waals surface area contributed by atoms with E-state index in [0.29, 0.717) is 5.56 Å². The number of hydrogen-bond donors (Lipinski definition) is 1. The third-order valence-electron chi connectivity index (χ3n) is 4.04. The second-order valence-electron chi connectivity index (χ2n) is 5.42. The maximum absolute atomic E-state index is 11.6. The van der Waals surface area contributed by atoms with Gasteiger partial charge in [-0.2, -0.15) is 0 Å². The van der Waals surface area contributed by atoms with E-state index in [-0.39, 0.29) is 0 Å². The summed E-state index contributed by atoms with van der Waals surface area (Å²) in [4.78, 5) is 13.8. The molecule has 0 unspecified atom stereocenters. The lowest BCUT2D eigenvalue weighted by atomic mass is 10.0. The molecule has 0 atom stereocenters. The van der Waals surface area contributed by atoms with Crippen molar-refractivity contribution in [3.05, 3.63) is 42.0 Å². The van der Waals surface area contributed by atoms with E-state index in [4.69, 9.17) is 0 Å². The molecule has 1 N–H and O–H groups in total. The average molecular weight is 269 g/mol. The van der Waals surface area contributed by atoms with E-state index < -0.39 is 5.97 Å². The van der Waals surface area contributed by atoms with Crippen LogP contribution in [0, 0.1) is 0 Å². The van der Waals surface area contributed by atoms with E-state index in [9.17, 15) is 9.90 Å². The zero-order chi connectivity index (χ0) is 13.9. The Kier molecular flexibility index (Phi) is 3.59. The summed E-state index contributed by atoms with van der Waals surface area (Å²) in [5, 5.41) is 11.6. The lowest BCUT2D eigenvalue weighted by Gasteiger charge is -2.25. The molecule has 0 radical (unpaired) electrons. The molecule has 104 valence electrons. The van der Waals surface area contributed by atoms with Crippen molar-refractivity contribution >= 4 is 22.4 Å². The monoisotopic (exact) mass is 269 g/mol. The number of carbonyl (C=O) groups is 1. The summed E-state index contributed by atoms with van der Waals surface area (Å²) in [5.74, 6) is -0.838. The van der Waals surface area contributed by atoms with Crippen molar-refractivity contribution in [2.75, 3.05) is 18.0 Å². The van der Waals surface area contributed by atoms with Crippen LogP contribution in [0.2, 0.25) is 0 Å². The van der Waals surface area contributed by atoms with Crippen LogP contribution in [0.1, 0.15) is 36.0 Å². The van der Waals surface area contributed by atoms with Gasteiger partial charge in [0.2, 0.25) is 0 Å². The highest BCUT2D eigenvalue weighted by atomic mass is 16.4. The van der Waals surface area contributed by atoms with Gasteiger partial charge in [-0.05, 0) is 35.7 Å². The highest BCUT2D eigenvalue weighted by molar-refractivity contribution is 6.01. The molecule has 1 saturated heterocycles. The molecule has 3 heteroatoms. The molecule has 0 bridgehead atoms. The first-order valence-electron chi connectivity index (χ1n) is 7.27. The predicted molar refractivity (Wildman–Crippen MR) is 81.6 cm³/mol. The van der Waals surface area contributed by atoms with Crippen molar-refractivity contribution < 1.29 is 9.90 Å². The van der Waals surface area contributed by atoms with Gasteiger partial charge in [-0.25, -0.2) is 4.79 Å².